The summed E-state index contributed by atoms with van der Waals surface area (Å²) in [5.74, 6) is 1.12. The number of ether oxygens (including phenoxy) is 2. The molecular formula is C22H24N4O4. The number of hydrogen-bond donors (Lipinski definition) is 2. The molecule has 0 saturated heterocycles. The van der Waals surface area contributed by atoms with Crippen LogP contribution in [0, 0.1) is 5.92 Å². The number of carbonyl (C=O) groups excluding carboxylic acids is 2. The average Bonchev–Trinajstić information content (AvgIpc) is 3.22. The zero-order chi connectivity index (χ0) is 21.7. The number of amides is 2. The molecule has 2 aromatic carbocycles. The molecule has 0 unspecified atom stereocenters. The number of nitrogens with zero attached hydrogens (tertiary/aromatic N) is 2. The van der Waals surface area contributed by atoms with Crippen LogP contribution >= 0.6 is 0 Å². The Kier molecular flexibility index (Phi) is 6.36. The monoisotopic (exact) mass is 408 g/mol. The molecule has 0 bridgehead atoms. The topological polar surface area (TPSA) is 94.5 Å². The molecule has 0 saturated carbocycles. The highest BCUT2D eigenvalue weighted by Gasteiger charge is 2.12. The SMILES string of the molecule is COc1ccc(OC)c(NC(=O)c2ccc(-n3cnc(NC(=O)C(C)C)c3)cc2)c1. The molecule has 0 spiro atoms. The maximum atomic E-state index is 12.6. The molecule has 30 heavy (non-hydrogen) atoms. The van der Waals surface area contributed by atoms with Crippen LogP contribution < -0.4 is 20.1 Å². The standard InChI is InChI=1S/C22H24N4O4/c1-14(2)21(27)25-20-12-26(13-23-20)16-7-5-15(6-8-16)22(28)24-18-11-17(29-3)9-10-19(18)30-4/h5-14H,1-4H3,(H,24,28)(H,25,27). The summed E-state index contributed by atoms with van der Waals surface area (Å²) in [6.45, 7) is 3.63. The fraction of sp³-hybridized carbons (Fsp3) is 0.227. The van der Waals surface area contributed by atoms with Crippen molar-refractivity contribution in [3.05, 3.63) is 60.6 Å². The summed E-state index contributed by atoms with van der Waals surface area (Å²) in [6, 6.07) is 12.2. The van der Waals surface area contributed by atoms with Gasteiger partial charge in [0.05, 0.1) is 26.1 Å². The fourth-order valence-electron chi connectivity index (χ4n) is 2.69. The highest BCUT2D eigenvalue weighted by molar-refractivity contribution is 6.05. The largest absolute Gasteiger partial charge is 0.497 e. The number of aromatic nitrogens is 2. The minimum atomic E-state index is -0.274. The smallest absolute Gasteiger partial charge is 0.255 e. The zero-order valence-electron chi connectivity index (χ0n) is 17.3. The van der Waals surface area contributed by atoms with Gasteiger partial charge in [-0.15, -0.1) is 0 Å². The fourth-order valence-corrected chi connectivity index (χ4v) is 2.69. The molecule has 8 nitrogen and oxygen atoms in total. The minimum Gasteiger partial charge on any atom is -0.497 e. The van der Waals surface area contributed by atoms with Gasteiger partial charge in [0.15, 0.2) is 5.82 Å². The Morgan fingerprint density at radius 3 is 2.37 bits per heavy atom. The van der Waals surface area contributed by atoms with E-state index in [-0.39, 0.29) is 17.7 Å². The van der Waals surface area contributed by atoms with Gasteiger partial charge in [-0.3, -0.25) is 9.59 Å². The van der Waals surface area contributed by atoms with Gasteiger partial charge >= 0.3 is 0 Å². The number of methoxy groups -OCH3 is 2. The Balaban J connectivity index is 1.72. The quantitative estimate of drug-likeness (QED) is 0.621. The van der Waals surface area contributed by atoms with Gasteiger partial charge in [0.25, 0.3) is 5.91 Å². The van der Waals surface area contributed by atoms with E-state index in [2.05, 4.69) is 15.6 Å². The normalized spacial score (nSPS) is 10.6. The van der Waals surface area contributed by atoms with Crippen LogP contribution in [-0.2, 0) is 4.79 Å². The number of rotatable bonds is 7. The second-order valence-corrected chi connectivity index (χ2v) is 6.88. The summed E-state index contributed by atoms with van der Waals surface area (Å²) in [4.78, 5) is 28.6. The van der Waals surface area contributed by atoms with E-state index in [1.807, 2.05) is 13.8 Å². The van der Waals surface area contributed by atoms with Gasteiger partial charge in [0.1, 0.15) is 17.8 Å². The number of hydrogen-bond acceptors (Lipinski definition) is 5. The maximum Gasteiger partial charge on any atom is 0.255 e. The third kappa shape index (κ3) is 4.78. The van der Waals surface area contributed by atoms with E-state index in [1.54, 1.807) is 66.7 Å². The first-order valence-electron chi connectivity index (χ1n) is 9.40. The summed E-state index contributed by atoms with van der Waals surface area (Å²) >= 11 is 0. The van der Waals surface area contributed by atoms with Crippen LogP contribution in [0.4, 0.5) is 11.5 Å². The highest BCUT2D eigenvalue weighted by Crippen LogP contribution is 2.29. The summed E-state index contributed by atoms with van der Waals surface area (Å²) in [5.41, 5.74) is 1.81. The molecule has 0 aliphatic carbocycles. The third-order valence-electron chi connectivity index (χ3n) is 4.44. The average molecular weight is 408 g/mol. The van der Waals surface area contributed by atoms with Crippen molar-refractivity contribution in [2.75, 3.05) is 24.9 Å². The van der Waals surface area contributed by atoms with Gasteiger partial charge < -0.3 is 24.7 Å². The molecule has 8 heteroatoms. The molecule has 1 aromatic heterocycles. The summed E-state index contributed by atoms with van der Waals surface area (Å²) in [7, 11) is 3.09. The molecule has 156 valence electrons. The van der Waals surface area contributed by atoms with Crippen molar-refractivity contribution in [1.82, 2.24) is 9.55 Å². The van der Waals surface area contributed by atoms with Crippen LogP contribution in [0.5, 0.6) is 11.5 Å². The van der Waals surface area contributed by atoms with E-state index in [1.165, 1.54) is 7.11 Å². The number of anilines is 2. The van der Waals surface area contributed by atoms with Crippen molar-refractivity contribution in [3.63, 3.8) is 0 Å². The van der Waals surface area contributed by atoms with Crippen LogP contribution in [0.15, 0.2) is 55.0 Å². The lowest BCUT2D eigenvalue weighted by atomic mass is 10.2. The highest BCUT2D eigenvalue weighted by atomic mass is 16.5. The second-order valence-electron chi connectivity index (χ2n) is 6.88. The Bertz CT molecular complexity index is 1040. The number of imidazole rings is 1. The van der Waals surface area contributed by atoms with Crippen LogP contribution in [0.2, 0.25) is 0 Å². The van der Waals surface area contributed by atoms with Crippen molar-refractivity contribution in [2.45, 2.75) is 13.8 Å². The molecule has 3 aromatic rings. The van der Waals surface area contributed by atoms with Gasteiger partial charge in [0.2, 0.25) is 5.91 Å². The lowest BCUT2D eigenvalue weighted by molar-refractivity contribution is -0.118. The van der Waals surface area contributed by atoms with Crippen molar-refractivity contribution >= 4 is 23.3 Å². The van der Waals surface area contributed by atoms with Gasteiger partial charge in [-0.05, 0) is 36.4 Å². The van der Waals surface area contributed by atoms with E-state index in [0.29, 0.717) is 28.6 Å². The summed E-state index contributed by atoms with van der Waals surface area (Å²) in [5, 5.41) is 5.59. The van der Waals surface area contributed by atoms with E-state index in [9.17, 15) is 9.59 Å². The van der Waals surface area contributed by atoms with Gasteiger partial charge in [0, 0.05) is 23.2 Å². The zero-order valence-corrected chi connectivity index (χ0v) is 17.3. The molecule has 2 amide bonds. The van der Waals surface area contributed by atoms with Crippen molar-refractivity contribution in [3.8, 4) is 17.2 Å². The lowest BCUT2D eigenvalue weighted by Gasteiger charge is -2.12. The molecule has 0 fully saturated rings. The summed E-state index contributed by atoms with van der Waals surface area (Å²) < 4.78 is 12.3. The first-order valence-corrected chi connectivity index (χ1v) is 9.40. The molecule has 1 heterocycles. The van der Waals surface area contributed by atoms with Gasteiger partial charge in [-0.25, -0.2) is 4.98 Å². The van der Waals surface area contributed by atoms with Crippen LogP contribution in [-0.4, -0.2) is 35.6 Å². The van der Waals surface area contributed by atoms with Gasteiger partial charge in [-0.1, -0.05) is 13.8 Å². The Labute approximate surface area is 174 Å². The van der Waals surface area contributed by atoms with E-state index in [4.69, 9.17) is 9.47 Å². The first kappa shape index (κ1) is 20.9. The predicted octanol–water partition coefficient (Wildman–Crippen LogP) is 3.74. The van der Waals surface area contributed by atoms with Crippen molar-refractivity contribution in [1.29, 1.82) is 0 Å². The van der Waals surface area contributed by atoms with Crippen LogP contribution in [0.1, 0.15) is 24.2 Å². The Morgan fingerprint density at radius 2 is 1.73 bits per heavy atom. The molecular weight excluding hydrogens is 384 g/mol. The molecule has 0 aliphatic rings. The number of carbonyl (C=O) groups is 2. The lowest BCUT2D eigenvalue weighted by Crippen LogP contribution is -2.17. The number of nitrogens with one attached hydrogen (secondary N) is 2. The Hall–Kier alpha value is -3.81. The van der Waals surface area contributed by atoms with Gasteiger partial charge in [-0.2, -0.15) is 0 Å². The molecule has 3 rings (SSSR count). The van der Waals surface area contributed by atoms with Crippen LogP contribution in [0.3, 0.4) is 0 Å². The molecule has 0 aliphatic heterocycles. The van der Waals surface area contributed by atoms with Crippen molar-refractivity contribution in [2.24, 2.45) is 5.92 Å². The third-order valence-corrected chi connectivity index (χ3v) is 4.44. The van der Waals surface area contributed by atoms with Crippen LogP contribution in [0.25, 0.3) is 5.69 Å². The second kappa shape index (κ2) is 9.13. The molecule has 0 atom stereocenters. The number of benzene rings is 2. The van der Waals surface area contributed by atoms with E-state index in [0.717, 1.165) is 5.69 Å². The Morgan fingerprint density at radius 1 is 1.00 bits per heavy atom. The molecule has 2 N–H and O–H groups in total. The van der Waals surface area contributed by atoms with Crippen molar-refractivity contribution < 1.29 is 19.1 Å². The minimum absolute atomic E-state index is 0.0970. The predicted molar refractivity (Wildman–Crippen MR) is 115 cm³/mol. The maximum absolute atomic E-state index is 12.6. The van der Waals surface area contributed by atoms with E-state index < -0.39 is 0 Å². The summed E-state index contributed by atoms with van der Waals surface area (Å²) in [6.07, 6.45) is 3.32. The van der Waals surface area contributed by atoms with E-state index >= 15 is 0 Å². The first-order chi connectivity index (χ1) is 14.4. The molecule has 0 radical (unpaired) electrons.